The number of pyridine rings is 1. The molecule has 2 aromatic carbocycles. The monoisotopic (exact) mass is 365 g/mol. The summed E-state index contributed by atoms with van der Waals surface area (Å²) in [5.74, 6) is 0. The van der Waals surface area contributed by atoms with Crippen LogP contribution in [0.25, 0.3) is 22.2 Å². The summed E-state index contributed by atoms with van der Waals surface area (Å²) < 4.78 is 0. The number of fused-ring (bicyclic) bond motifs is 1. The maximum atomic E-state index is 6.17. The van der Waals surface area contributed by atoms with Gasteiger partial charge in [-0.1, -0.05) is 41.9 Å². The zero-order valence-electron chi connectivity index (χ0n) is 15.1. The van der Waals surface area contributed by atoms with Crippen molar-refractivity contribution < 1.29 is 0 Å². The van der Waals surface area contributed by atoms with Gasteiger partial charge in [-0.25, -0.2) is 4.98 Å². The number of nitrogens with one attached hydrogen (secondary N) is 1. The Balaban J connectivity index is 1.62. The first-order valence-electron chi connectivity index (χ1n) is 9.30. The molecule has 1 N–H and O–H groups in total. The molecule has 0 amide bonds. The van der Waals surface area contributed by atoms with E-state index in [4.69, 9.17) is 16.6 Å². The molecule has 1 fully saturated rings. The van der Waals surface area contributed by atoms with Gasteiger partial charge in [0.05, 0.1) is 11.2 Å². The van der Waals surface area contributed by atoms with Crippen molar-refractivity contribution in [1.29, 1.82) is 0 Å². The summed E-state index contributed by atoms with van der Waals surface area (Å²) in [5.41, 5.74) is 4.14. The quantitative estimate of drug-likeness (QED) is 0.651. The lowest BCUT2D eigenvalue weighted by Crippen LogP contribution is -2.26. The highest BCUT2D eigenvalue weighted by atomic mass is 35.5. The number of aromatic nitrogens is 1. The van der Waals surface area contributed by atoms with E-state index < -0.39 is 0 Å². The normalized spacial score (nSPS) is 17.7. The number of hydrogen-bond acceptors (Lipinski definition) is 3. The van der Waals surface area contributed by atoms with Crippen LogP contribution in [-0.4, -0.2) is 36.1 Å². The Kier molecular flexibility index (Phi) is 5.09. The van der Waals surface area contributed by atoms with Crippen molar-refractivity contribution in [3.05, 3.63) is 59.6 Å². The fourth-order valence-electron chi connectivity index (χ4n) is 3.83. The Morgan fingerprint density at radius 1 is 1.15 bits per heavy atom. The molecule has 1 atom stereocenters. The molecule has 4 heteroatoms. The molecular formula is C22H24ClN3. The highest BCUT2D eigenvalue weighted by Crippen LogP contribution is 2.29. The first-order chi connectivity index (χ1) is 12.7. The van der Waals surface area contributed by atoms with Crippen LogP contribution in [0.3, 0.4) is 0 Å². The Bertz CT molecular complexity index is 909. The van der Waals surface area contributed by atoms with Gasteiger partial charge in [-0.15, -0.1) is 0 Å². The Hall–Kier alpha value is -2.10. The van der Waals surface area contributed by atoms with Crippen molar-refractivity contribution in [1.82, 2.24) is 9.88 Å². The van der Waals surface area contributed by atoms with Crippen LogP contribution in [0, 0.1) is 0 Å². The standard InChI is InChI=1S/C22H24ClN3/c1-26-13-5-8-18(26)11-12-24-22-15-21(16-6-4-7-17(23)14-16)25-20-10-3-2-9-19(20)22/h2-4,6-7,9-10,14-15,18H,5,8,11-13H2,1H3,(H,24,25). The number of halogens is 1. The minimum absolute atomic E-state index is 0.697. The summed E-state index contributed by atoms with van der Waals surface area (Å²) >= 11 is 6.17. The molecule has 1 aliphatic heterocycles. The third kappa shape index (κ3) is 3.69. The van der Waals surface area contributed by atoms with Crippen molar-refractivity contribution in [2.75, 3.05) is 25.5 Å². The molecule has 4 rings (SSSR count). The SMILES string of the molecule is CN1CCCC1CCNc1cc(-c2cccc(Cl)c2)nc2ccccc12. The molecule has 0 bridgehead atoms. The number of para-hydroxylation sites is 1. The first-order valence-corrected chi connectivity index (χ1v) is 9.68. The van der Waals surface area contributed by atoms with Crippen LogP contribution in [-0.2, 0) is 0 Å². The van der Waals surface area contributed by atoms with E-state index in [9.17, 15) is 0 Å². The Labute approximate surface area is 160 Å². The molecule has 0 spiro atoms. The number of nitrogens with zero attached hydrogens (tertiary/aromatic N) is 2. The molecule has 26 heavy (non-hydrogen) atoms. The minimum Gasteiger partial charge on any atom is -0.384 e. The zero-order valence-corrected chi connectivity index (χ0v) is 15.8. The van der Waals surface area contributed by atoms with Crippen molar-refractivity contribution in [2.24, 2.45) is 0 Å². The Morgan fingerprint density at radius 2 is 2.04 bits per heavy atom. The van der Waals surface area contributed by atoms with Gasteiger partial charge in [0.1, 0.15) is 0 Å². The number of benzene rings is 2. The summed E-state index contributed by atoms with van der Waals surface area (Å²) in [7, 11) is 2.23. The first kappa shape index (κ1) is 17.3. The lowest BCUT2D eigenvalue weighted by atomic mass is 10.1. The van der Waals surface area contributed by atoms with Crippen LogP contribution in [0.2, 0.25) is 5.02 Å². The third-order valence-corrected chi connectivity index (χ3v) is 5.54. The van der Waals surface area contributed by atoms with Gasteiger partial charge in [0.2, 0.25) is 0 Å². The Morgan fingerprint density at radius 3 is 2.85 bits per heavy atom. The van der Waals surface area contributed by atoms with Crippen molar-refractivity contribution in [3.63, 3.8) is 0 Å². The van der Waals surface area contributed by atoms with Gasteiger partial charge in [-0.2, -0.15) is 0 Å². The van der Waals surface area contributed by atoms with Gasteiger partial charge in [0.15, 0.2) is 0 Å². The van der Waals surface area contributed by atoms with E-state index in [1.165, 1.54) is 25.8 Å². The fourth-order valence-corrected chi connectivity index (χ4v) is 4.03. The second kappa shape index (κ2) is 7.65. The van der Waals surface area contributed by atoms with Crippen LogP contribution in [0.15, 0.2) is 54.6 Å². The molecule has 2 heterocycles. The molecule has 1 aromatic heterocycles. The van der Waals surface area contributed by atoms with Gasteiger partial charge in [0, 0.05) is 34.2 Å². The van der Waals surface area contributed by atoms with Crippen LogP contribution >= 0.6 is 11.6 Å². The summed E-state index contributed by atoms with van der Waals surface area (Å²) in [4.78, 5) is 7.31. The van der Waals surface area contributed by atoms with E-state index in [0.29, 0.717) is 6.04 Å². The summed E-state index contributed by atoms with van der Waals surface area (Å²) in [5, 5.41) is 5.56. The maximum Gasteiger partial charge on any atom is 0.0730 e. The van der Waals surface area contributed by atoms with E-state index in [1.807, 2.05) is 24.3 Å². The molecule has 134 valence electrons. The molecule has 0 saturated carbocycles. The summed E-state index contributed by atoms with van der Waals surface area (Å²) in [6.07, 6.45) is 3.79. The number of likely N-dealkylation sites (tertiary alicyclic amines) is 1. The maximum absolute atomic E-state index is 6.17. The number of rotatable bonds is 5. The lowest BCUT2D eigenvalue weighted by molar-refractivity contribution is 0.301. The van der Waals surface area contributed by atoms with E-state index in [-0.39, 0.29) is 0 Å². The van der Waals surface area contributed by atoms with E-state index in [0.717, 1.165) is 39.4 Å². The second-order valence-corrected chi connectivity index (χ2v) is 7.51. The predicted molar refractivity (Wildman–Crippen MR) is 111 cm³/mol. The molecule has 3 aromatic rings. The molecule has 1 unspecified atom stereocenters. The average molecular weight is 366 g/mol. The summed E-state index contributed by atoms with van der Waals surface area (Å²) in [6, 6.07) is 19.0. The second-order valence-electron chi connectivity index (χ2n) is 7.07. The van der Waals surface area contributed by atoms with Gasteiger partial charge < -0.3 is 10.2 Å². The molecule has 1 saturated heterocycles. The molecule has 0 radical (unpaired) electrons. The van der Waals surface area contributed by atoms with Crippen molar-refractivity contribution in [2.45, 2.75) is 25.3 Å². The highest BCUT2D eigenvalue weighted by molar-refractivity contribution is 6.30. The van der Waals surface area contributed by atoms with E-state index in [1.54, 1.807) is 0 Å². The van der Waals surface area contributed by atoms with Crippen LogP contribution in [0.4, 0.5) is 5.69 Å². The van der Waals surface area contributed by atoms with Crippen LogP contribution < -0.4 is 5.32 Å². The van der Waals surface area contributed by atoms with Crippen molar-refractivity contribution >= 4 is 28.2 Å². The molecule has 3 nitrogen and oxygen atoms in total. The highest BCUT2D eigenvalue weighted by Gasteiger charge is 2.20. The van der Waals surface area contributed by atoms with E-state index in [2.05, 4.69) is 47.6 Å². The summed E-state index contributed by atoms with van der Waals surface area (Å²) in [6.45, 7) is 2.19. The van der Waals surface area contributed by atoms with Gasteiger partial charge in [-0.3, -0.25) is 0 Å². The van der Waals surface area contributed by atoms with Crippen LogP contribution in [0.5, 0.6) is 0 Å². The number of hydrogen-bond donors (Lipinski definition) is 1. The average Bonchev–Trinajstić information content (AvgIpc) is 3.06. The van der Waals surface area contributed by atoms with E-state index >= 15 is 0 Å². The number of anilines is 1. The smallest absolute Gasteiger partial charge is 0.0730 e. The van der Waals surface area contributed by atoms with Crippen LogP contribution in [0.1, 0.15) is 19.3 Å². The molecule has 1 aliphatic rings. The largest absolute Gasteiger partial charge is 0.384 e. The minimum atomic E-state index is 0.697. The molecular weight excluding hydrogens is 342 g/mol. The lowest BCUT2D eigenvalue weighted by Gasteiger charge is -2.20. The van der Waals surface area contributed by atoms with Gasteiger partial charge >= 0.3 is 0 Å². The van der Waals surface area contributed by atoms with Gasteiger partial charge in [-0.05, 0) is 57.1 Å². The predicted octanol–water partition coefficient (Wildman–Crippen LogP) is 5.45. The molecule has 0 aliphatic carbocycles. The topological polar surface area (TPSA) is 28.2 Å². The zero-order chi connectivity index (χ0) is 17.9. The fraction of sp³-hybridized carbons (Fsp3) is 0.318. The third-order valence-electron chi connectivity index (χ3n) is 5.30. The van der Waals surface area contributed by atoms with Gasteiger partial charge in [0.25, 0.3) is 0 Å². The van der Waals surface area contributed by atoms with Crippen molar-refractivity contribution in [3.8, 4) is 11.3 Å².